The summed E-state index contributed by atoms with van der Waals surface area (Å²) in [6, 6.07) is 0.0982. The molecule has 2 N–H and O–H groups in total. The van der Waals surface area contributed by atoms with E-state index in [1.54, 1.807) is 0 Å². The maximum absolute atomic E-state index is 12.5. The fraction of sp³-hybridized carbons (Fsp3) is 0.800. The van der Waals surface area contributed by atoms with Gasteiger partial charge < -0.3 is 15.1 Å². The number of aliphatic hydroxyl groups excluding tert-OH is 1. The molecule has 1 aliphatic rings. The number of aliphatic carboxylic acids is 1. The van der Waals surface area contributed by atoms with Crippen LogP contribution in [-0.2, 0) is 9.59 Å². The lowest BCUT2D eigenvalue weighted by Gasteiger charge is -2.34. The van der Waals surface area contributed by atoms with E-state index in [0.717, 1.165) is 64.3 Å². The van der Waals surface area contributed by atoms with Gasteiger partial charge in [0.15, 0.2) is 0 Å². The molecule has 2 unspecified atom stereocenters. The number of aliphatic hydroxyl groups is 1. The number of unbranched alkanes of at least 4 members (excludes halogenated alkanes) is 4. The Bertz CT molecular complexity index is 422. The standard InChI is InChI=1S/C20H35NO4/c1-2-3-5-11-18(22)15-14-17-10-8-9-16-21(17)19(23)12-6-4-7-13-20(24)25/h14-15,17-18,22H,2-13,16H2,1H3,(H,24,25)/b15-14+. The van der Waals surface area contributed by atoms with Crippen molar-refractivity contribution in [3.63, 3.8) is 0 Å². The van der Waals surface area contributed by atoms with Gasteiger partial charge in [0.2, 0.25) is 5.91 Å². The molecule has 0 aromatic carbocycles. The number of hydrogen-bond acceptors (Lipinski definition) is 3. The van der Waals surface area contributed by atoms with Crippen LogP contribution < -0.4 is 0 Å². The van der Waals surface area contributed by atoms with Crippen LogP contribution in [0.15, 0.2) is 12.2 Å². The number of carbonyl (C=O) groups excluding carboxylic acids is 1. The topological polar surface area (TPSA) is 77.8 Å². The number of carbonyl (C=O) groups is 2. The van der Waals surface area contributed by atoms with Crippen molar-refractivity contribution < 1.29 is 19.8 Å². The third-order valence-corrected chi connectivity index (χ3v) is 4.81. The minimum absolute atomic E-state index is 0.0982. The largest absolute Gasteiger partial charge is 0.481 e. The minimum Gasteiger partial charge on any atom is -0.481 e. The van der Waals surface area contributed by atoms with E-state index in [4.69, 9.17) is 5.11 Å². The van der Waals surface area contributed by atoms with Crippen molar-refractivity contribution in [3.8, 4) is 0 Å². The van der Waals surface area contributed by atoms with Gasteiger partial charge >= 0.3 is 5.97 Å². The Morgan fingerprint density at radius 3 is 2.60 bits per heavy atom. The minimum atomic E-state index is -0.773. The van der Waals surface area contributed by atoms with E-state index in [0.29, 0.717) is 12.8 Å². The molecular formula is C20H35NO4. The molecule has 1 rings (SSSR count). The normalized spacial score (nSPS) is 19.3. The SMILES string of the molecule is CCCCCC(O)/C=C/C1CCCCN1C(=O)CCCCCC(=O)O. The number of likely N-dealkylation sites (tertiary alicyclic amines) is 1. The highest BCUT2D eigenvalue weighted by Gasteiger charge is 2.24. The van der Waals surface area contributed by atoms with Crippen molar-refractivity contribution in [1.29, 1.82) is 0 Å². The fourth-order valence-electron chi connectivity index (χ4n) is 3.30. The van der Waals surface area contributed by atoms with E-state index in [1.807, 2.05) is 17.1 Å². The Labute approximate surface area is 152 Å². The summed E-state index contributed by atoms with van der Waals surface area (Å²) in [7, 11) is 0. The van der Waals surface area contributed by atoms with Crippen molar-refractivity contribution in [3.05, 3.63) is 12.2 Å². The number of rotatable bonds is 12. The van der Waals surface area contributed by atoms with Gasteiger partial charge in [-0.1, -0.05) is 44.8 Å². The summed E-state index contributed by atoms with van der Waals surface area (Å²) in [6.45, 7) is 2.93. The average Bonchev–Trinajstić information content (AvgIpc) is 2.59. The van der Waals surface area contributed by atoms with Crippen LogP contribution in [0.2, 0.25) is 0 Å². The van der Waals surface area contributed by atoms with Gasteiger partial charge in [0.1, 0.15) is 0 Å². The number of hydrogen-bond donors (Lipinski definition) is 2. The van der Waals surface area contributed by atoms with Gasteiger partial charge in [-0.15, -0.1) is 0 Å². The highest BCUT2D eigenvalue weighted by atomic mass is 16.4. The summed E-state index contributed by atoms with van der Waals surface area (Å²) in [5.74, 6) is -0.616. The molecule has 0 bridgehead atoms. The van der Waals surface area contributed by atoms with Crippen molar-refractivity contribution >= 4 is 11.9 Å². The molecule has 25 heavy (non-hydrogen) atoms. The molecule has 1 aliphatic heterocycles. The molecular weight excluding hydrogens is 318 g/mol. The summed E-state index contributed by atoms with van der Waals surface area (Å²) < 4.78 is 0. The quantitative estimate of drug-likeness (QED) is 0.412. The molecule has 2 atom stereocenters. The molecule has 1 amide bonds. The Hall–Kier alpha value is -1.36. The van der Waals surface area contributed by atoms with Gasteiger partial charge in [-0.3, -0.25) is 9.59 Å². The van der Waals surface area contributed by atoms with Crippen LogP contribution in [0.25, 0.3) is 0 Å². The molecule has 0 aromatic rings. The third-order valence-electron chi connectivity index (χ3n) is 4.81. The summed E-state index contributed by atoms with van der Waals surface area (Å²) in [5.41, 5.74) is 0. The zero-order chi connectivity index (χ0) is 18.5. The van der Waals surface area contributed by atoms with Gasteiger partial charge in [-0.2, -0.15) is 0 Å². The lowest BCUT2D eigenvalue weighted by molar-refractivity contribution is -0.137. The summed E-state index contributed by atoms with van der Waals surface area (Å²) in [5, 5.41) is 18.7. The highest BCUT2D eigenvalue weighted by molar-refractivity contribution is 5.76. The van der Waals surface area contributed by atoms with Crippen LogP contribution in [0.5, 0.6) is 0 Å². The van der Waals surface area contributed by atoms with Crippen molar-refractivity contribution in [2.45, 2.75) is 96.1 Å². The van der Waals surface area contributed by atoms with Gasteiger partial charge in [0, 0.05) is 19.4 Å². The van der Waals surface area contributed by atoms with Gasteiger partial charge in [0.25, 0.3) is 0 Å². The van der Waals surface area contributed by atoms with Crippen LogP contribution in [0.1, 0.15) is 84.0 Å². The molecule has 5 nitrogen and oxygen atoms in total. The molecule has 1 saturated heterocycles. The molecule has 0 radical (unpaired) electrons. The summed E-state index contributed by atoms with van der Waals surface area (Å²) in [4.78, 5) is 24.9. The molecule has 0 aromatic heterocycles. The second-order valence-electron chi connectivity index (χ2n) is 7.05. The average molecular weight is 354 g/mol. The maximum Gasteiger partial charge on any atom is 0.303 e. The van der Waals surface area contributed by atoms with E-state index >= 15 is 0 Å². The van der Waals surface area contributed by atoms with Gasteiger partial charge in [0.05, 0.1) is 12.1 Å². The first kappa shape index (κ1) is 21.7. The second kappa shape index (κ2) is 12.9. The zero-order valence-electron chi connectivity index (χ0n) is 15.7. The van der Waals surface area contributed by atoms with E-state index < -0.39 is 12.1 Å². The number of amides is 1. The lowest BCUT2D eigenvalue weighted by Crippen LogP contribution is -2.42. The number of carboxylic acid groups (broad SMARTS) is 1. The fourth-order valence-corrected chi connectivity index (χ4v) is 3.30. The Balaban J connectivity index is 2.38. The molecule has 1 fully saturated rings. The zero-order valence-corrected chi connectivity index (χ0v) is 15.7. The van der Waals surface area contributed by atoms with Crippen LogP contribution in [-0.4, -0.2) is 45.7 Å². The van der Waals surface area contributed by atoms with Crippen LogP contribution in [0.4, 0.5) is 0 Å². The molecule has 0 saturated carbocycles. The van der Waals surface area contributed by atoms with Crippen molar-refractivity contribution in [1.82, 2.24) is 4.90 Å². The van der Waals surface area contributed by atoms with Crippen molar-refractivity contribution in [2.24, 2.45) is 0 Å². The van der Waals surface area contributed by atoms with Gasteiger partial charge in [-0.05, 0) is 38.5 Å². The van der Waals surface area contributed by atoms with Crippen LogP contribution in [0, 0.1) is 0 Å². The Morgan fingerprint density at radius 2 is 1.88 bits per heavy atom. The molecule has 5 heteroatoms. The first-order valence-corrected chi connectivity index (χ1v) is 9.92. The summed E-state index contributed by atoms with van der Waals surface area (Å²) >= 11 is 0. The Kier molecular flexibility index (Phi) is 11.2. The monoisotopic (exact) mass is 353 g/mol. The smallest absolute Gasteiger partial charge is 0.303 e. The van der Waals surface area contributed by atoms with E-state index in [1.165, 1.54) is 0 Å². The van der Waals surface area contributed by atoms with Crippen LogP contribution >= 0.6 is 0 Å². The highest BCUT2D eigenvalue weighted by Crippen LogP contribution is 2.20. The number of piperidine rings is 1. The van der Waals surface area contributed by atoms with Crippen LogP contribution in [0.3, 0.4) is 0 Å². The van der Waals surface area contributed by atoms with E-state index in [2.05, 4.69) is 6.92 Å². The predicted molar refractivity (Wildman–Crippen MR) is 99.4 cm³/mol. The first-order valence-electron chi connectivity index (χ1n) is 9.92. The first-order chi connectivity index (χ1) is 12.0. The van der Waals surface area contributed by atoms with Crippen molar-refractivity contribution in [2.75, 3.05) is 6.54 Å². The molecule has 0 aliphatic carbocycles. The molecule has 0 spiro atoms. The molecule has 1 heterocycles. The van der Waals surface area contributed by atoms with E-state index in [-0.39, 0.29) is 18.4 Å². The second-order valence-corrected chi connectivity index (χ2v) is 7.05. The maximum atomic E-state index is 12.5. The number of nitrogens with zero attached hydrogens (tertiary/aromatic N) is 1. The van der Waals surface area contributed by atoms with Gasteiger partial charge in [-0.25, -0.2) is 0 Å². The van der Waals surface area contributed by atoms with E-state index in [9.17, 15) is 14.7 Å². The predicted octanol–water partition coefficient (Wildman–Crippen LogP) is 3.90. The third kappa shape index (κ3) is 9.63. The molecule has 144 valence electrons. The number of carboxylic acids is 1. The summed E-state index contributed by atoms with van der Waals surface area (Å²) in [6.07, 6.45) is 13.5. The lowest BCUT2D eigenvalue weighted by atomic mass is 9.99. The Morgan fingerprint density at radius 1 is 1.12 bits per heavy atom.